The first-order chi connectivity index (χ1) is 7.69. The number of nitrogens with one attached hydrogen (secondary N) is 1. The Labute approximate surface area is 92.7 Å². The minimum absolute atomic E-state index is 0.252. The molecule has 0 bridgehead atoms. The third kappa shape index (κ3) is 2.32. The molecule has 3 N–H and O–H groups in total. The van der Waals surface area contributed by atoms with Crippen LogP contribution in [0.3, 0.4) is 0 Å². The molecule has 0 saturated carbocycles. The Morgan fingerprint density at radius 3 is 3.06 bits per heavy atom. The third-order valence-corrected chi connectivity index (χ3v) is 2.25. The van der Waals surface area contributed by atoms with E-state index >= 15 is 0 Å². The summed E-state index contributed by atoms with van der Waals surface area (Å²) >= 11 is 0. The number of hydrogen-bond donors (Lipinski definition) is 3. The number of aliphatic hydroxyl groups is 2. The van der Waals surface area contributed by atoms with Crippen molar-refractivity contribution in [1.29, 1.82) is 0 Å². The highest BCUT2D eigenvalue weighted by molar-refractivity contribution is 5.77. The molecule has 0 saturated heterocycles. The van der Waals surface area contributed by atoms with Gasteiger partial charge in [-0.2, -0.15) is 0 Å². The SMILES string of the molecule is Cc1nc2cc(NCC(O)CO)ccc2o1. The van der Waals surface area contributed by atoms with E-state index < -0.39 is 6.10 Å². The van der Waals surface area contributed by atoms with E-state index in [4.69, 9.17) is 9.52 Å². The quantitative estimate of drug-likeness (QED) is 0.716. The van der Waals surface area contributed by atoms with Crippen LogP contribution in [0.2, 0.25) is 0 Å². The number of aliphatic hydroxyl groups excluding tert-OH is 2. The first kappa shape index (κ1) is 10.9. The molecule has 0 amide bonds. The Hall–Kier alpha value is -1.59. The zero-order valence-corrected chi connectivity index (χ0v) is 8.97. The third-order valence-electron chi connectivity index (χ3n) is 2.25. The van der Waals surface area contributed by atoms with Crippen LogP contribution in [0.25, 0.3) is 11.1 Å². The summed E-state index contributed by atoms with van der Waals surface area (Å²) in [5.41, 5.74) is 2.36. The van der Waals surface area contributed by atoms with Crippen LogP contribution in [-0.2, 0) is 0 Å². The maximum atomic E-state index is 9.19. The van der Waals surface area contributed by atoms with E-state index in [-0.39, 0.29) is 6.61 Å². The summed E-state index contributed by atoms with van der Waals surface area (Å²) < 4.78 is 5.34. The van der Waals surface area contributed by atoms with Crippen LogP contribution in [0.15, 0.2) is 22.6 Å². The number of oxazole rings is 1. The Kier molecular flexibility index (Phi) is 3.07. The Balaban J connectivity index is 2.13. The second kappa shape index (κ2) is 4.51. The van der Waals surface area contributed by atoms with Gasteiger partial charge in [-0.25, -0.2) is 4.98 Å². The van der Waals surface area contributed by atoms with E-state index in [1.54, 1.807) is 6.92 Å². The Morgan fingerprint density at radius 1 is 1.50 bits per heavy atom. The first-order valence-electron chi connectivity index (χ1n) is 5.09. The minimum atomic E-state index is -0.755. The van der Waals surface area contributed by atoms with Gasteiger partial charge in [-0.1, -0.05) is 0 Å². The van der Waals surface area contributed by atoms with Gasteiger partial charge in [0.1, 0.15) is 5.52 Å². The van der Waals surface area contributed by atoms with Gasteiger partial charge in [0, 0.05) is 19.2 Å². The second-order valence-electron chi connectivity index (χ2n) is 3.63. The Bertz CT molecular complexity index is 481. The molecule has 1 heterocycles. The number of aryl methyl sites for hydroxylation is 1. The van der Waals surface area contributed by atoms with Crippen LogP contribution in [-0.4, -0.2) is 34.5 Å². The highest BCUT2D eigenvalue weighted by Crippen LogP contribution is 2.19. The van der Waals surface area contributed by atoms with Crippen LogP contribution >= 0.6 is 0 Å². The molecule has 5 heteroatoms. The maximum absolute atomic E-state index is 9.19. The fourth-order valence-electron chi connectivity index (χ4n) is 1.45. The van der Waals surface area contributed by atoms with Crippen LogP contribution in [0.5, 0.6) is 0 Å². The minimum Gasteiger partial charge on any atom is -0.441 e. The van der Waals surface area contributed by atoms with Crippen molar-refractivity contribution in [2.24, 2.45) is 0 Å². The normalized spacial score (nSPS) is 12.9. The molecule has 0 aliphatic heterocycles. The fraction of sp³-hybridized carbons (Fsp3) is 0.364. The van der Waals surface area contributed by atoms with Crippen LogP contribution in [0.4, 0.5) is 5.69 Å². The molecule has 0 spiro atoms. The highest BCUT2D eigenvalue weighted by atomic mass is 16.3. The lowest BCUT2D eigenvalue weighted by Crippen LogP contribution is -2.22. The van der Waals surface area contributed by atoms with Crippen molar-refractivity contribution in [2.45, 2.75) is 13.0 Å². The van der Waals surface area contributed by atoms with Crippen LogP contribution < -0.4 is 5.32 Å². The lowest BCUT2D eigenvalue weighted by Gasteiger charge is -2.09. The zero-order chi connectivity index (χ0) is 11.5. The summed E-state index contributed by atoms with van der Waals surface area (Å²) in [4.78, 5) is 4.20. The molecular weight excluding hydrogens is 208 g/mol. The fourth-order valence-corrected chi connectivity index (χ4v) is 1.45. The lowest BCUT2D eigenvalue weighted by atomic mass is 10.2. The van der Waals surface area contributed by atoms with Gasteiger partial charge in [0.2, 0.25) is 0 Å². The van der Waals surface area contributed by atoms with Crippen LogP contribution in [0, 0.1) is 6.92 Å². The van der Waals surface area contributed by atoms with Gasteiger partial charge in [-0.15, -0.1) is 0 Å². The summed E-state index contributed by atoms with van der Waals surface area (Å²) in [5.74, 6) is 0.627. The average molecular weight is 222 g/mol. The highest BCUT2D eigenvalue weighted by Gasteiger charge is 2.04. The van der Waals surface area contributed by atoms with E-state index in [1.807, 2.05) is 18.2 Å². The summed E-state index contributed by atoms with van der Waals surface area (Å²) in [6.45, 7) is 1.85. The van der Waals surface area contributed by atoms with Gasteiger partial charge in [0.05, 0.1) is 12.7 Å². The van der Waals surface area contributed by atoms with Gasteiger partial charge >= 0.3 is 0 Å². The molecule has 1 atom stereocenters. The average Bonchev–Trinajstić information content (AvgIpc) is 2.65. The number of benzene rings is 1. The standard InChI is InChI=1S/C11H14N2O3/c1-7-13-10-4-8(2-3-11(10)16-7)12-5-9(15)6-14/h2-4,9,12,14-15H,5-6H2,1H3. The molecule has 0 aliphatic carbocycles. The van der Waals surface area contributed by atoms with Crippen molar-refractivity contribution in [3.8, 4) is 0 Å². The monoisotopic (exact) mass is 222 g/mol. The topological polar surface area (TPSA) is 78.5 Å². The van der Waals surface area contributed by atoms with Crippen molar-refractivity contribution in [3.63, 3.8) is 0 Å². The molecular formula is C11H14N2O3. The summed E-state index contributed by atoms with van der Waals surface area (Å²) in [7, 11) is 0. The molecule has 2 rings (SSSR count). The molecule has 1 aromatic heterocycles. The number of fused-ring (bicyclic) bond motifs is 1. The number of nitrogens with zero attached hydrogens (tertiary/aromatic N) is 1. The number of anilines is 1. The number of aromatic nitrogens is 1. The van der Waals surface area contributed by atoms with E-state index in [2.05, 4.69) is 10.3 Å². The van der Waals surface area contributed by atoms with Crippen molar-refractivity contribution in [3.05, 3.63) is 24.1 Å². The molecule has 16 heavy (non-hydrogen) atoms. The van der Waals surface area contributed by atoms with Crippen molar-refractivity contribution < 1.29 is 14.6 Å². The largest absolute Gasteiger partial charge is 0.441 e. The smallest absolute Gasteiger partial charge is 0.192 e. The number of rotatable bonds is 4. The second-order valence-corrected chi connectivity index (χ2v) is 3.63. The lowest BCUT2D eigenvalue weighted by molar-refractivity contribution is 0.105. The van der Waals surface area contributed by atoms with Crippen molar-refractivity contribution >= 4 is 16.8 Å². The zero-order valence-electron chi connectivity index (χ0n) is 8.97. The number of hydrogen-bond acceptors (Lipinski definition) is 5. The summed E-state index contributed by atoms with van der Waals surface area (Å²) in [6.07, 6.45) is -0.755. The van der Waals surface area contributed by atoms with Crippen molar-refractivity contribution in [2.75, 3.05) is 18.5 Å². The molecule has 0 aliphatic rings. The van der Waals surface area contributed by atoms with Gasteiger partial charge < -0.3 is 19.9 Å². The van der Waals surface area contributed by atoms with Crippen LogP contribution in [0.1, 0.15) is 5.89 Å². The molecule has 86 valence electrons. The van der Waals surface area contributed by atoms with E-state index in [0.29, 0.717) is 12.4 Å². The molecule has 2 aromatic rings. The van der Waals surface area contributed by atoms with Gasteiger partial charge in [0.25, 0.3) is 0 Å². The molecule has 1 unspecified atom stereocenters. The molecule has 0 fully saturated rings. The van der Waals surface area contributed by atoms with Crippen molar-refractivity contribution in [1.82, 2.24) is 4.98 Å². The van der Waals surface area contributed by atoms with E-state index in [9.17, 15) is 5.11 Å². The predicted octanol–water partition coefficient (Wildman–Crippen LogP) is 0.901. The molecule has 1 aromatic carbocycles. The maximum Gasteiger partial charge on any atom is 0.192 e. The molecule has 5 nitrogen and oxygen atoms in total. The Morgan fingerprint density at radius 2 is 2.31 bits per heavy atom. The summed E-state index contributed by atoms with van der Waals surface area (Å²) in [5, 5.41) is 20.9. The van der Waals surface area contributed by atoms with Gasteiger partial charge in [-0.3, -0.25) is 0 Å². The van der Waals surface area contributed by atoms with Gasteiger partial charge in [0.15, 0.2) is 11.5 Å². The first-order valence-corrected chi connectivity index (χ1v) is 5.09. The predicted molar refractivity (Wildman–Crippen MR) is 60.3 cm³/mol. The van der Waals surface area contributed by atoms with E-state index in [1.165, 1.54) is 0 Å². The van der Waals surface area contributed by atoms with Gasteiger partial charge in [-0.05, 0) is 18.2 Å². The van der Waals surface area contributed by atoms with E-state index in [0.717, 1.165) is 16.8 Å². The summed E-state index contributed by atoms with van der Waals surface area (Å²) in [6, 6.07) is 5.51. The molecule has 0 radical (unpaired) electrons.